The standard InChI is InChI=1S/C21H32N2O3/c1-19(2)12-13-20(3,4)16(19)23(17(24)21(5,6)22)18(25)26-14-15-10-8-7-9-11-15/h7-11,16H,12-14,22H2,1-6H3. The van der Waals surface area contributed by atoms with Crippen LogP contribution >= 0.6 is 0 Å². The van der Waals surface area contributed by atoms with Gasteiger partial charge < -0.3 is 10.5 Å². The van der Waals surface area contributed by atoms with E-state index >= 15 is 0 Å². The molecule has 2 N–H and O–H groups in total. The van der Waals surface area contributed by atoms with Gasteiger partial charge in [-0.15, -0.1) is 0 Å². The summed E-state index contributed by atoms with van der Waals surface area (Å²) in [5.74, 6) is -0.399. The van der Waals surface area contributed by atoms with Crippen molar-refractivity contribution in [3.8, 4) is 0 Å². The molecule has 2 amide bonds. The van der Waals surface area contributed by atoms with Gasteiger partial charge in [0.15, 0.2) is 0 Å². The molecular formula is C21H32N2O3. The number of hydrogen-bond donors (Lipinski definition) is 1. The predicted molar refractivity (Wildman–Crippen MR) is 102 cm³/mol. The quantitative estimate of drug-likeness (QED) is 0.877. The van der Waals surface area contributed by atoms with Crippen LogP contribution < -0.4 is 5.73 Å². The SMILES string of the molecule is CC(C)(N)C(=O)N(C(=O)OCc1ccccc1)C1C(C)(C)CCC1(C)C. The van der Waals surface area contributed by atoms with Crippen LogP contribution in [0.5, 0.6) is 0 Å². The number of nitrogens with two attached hydrogens (primary N) is 1. The molecule has 1 aliphatic rings. The van der Waals surface area contributed by atoms with Gasteiger partial charge in [0.2, 0.25) is 0 Å². The Morgan fingerprint density at radius 1 is 1.12 bits per heavy atom. The zero-order chi connectivity index (χ0) is 19.8. The maximum absolute atomic E-state index is 13.1. The zero-order valence-electron chi connectivity index (χ0n) is 16.8. The number of carbonyl (C=O) groups excluding carboxylic acids is 2. The number of nitrogens with zero attached hydrogens (tertiary/aromatic N) is 1. The molecule has 1 aromatic rings. The molecule has 5 heteroatoms. The van der Waals surface area contributed by atoms with Crippen molar-refractivity contribution in [1.29, 1.82) is 0 Å². The Morgan fingerprint density at radius 3 is 2.08 bits per heavy atom. The monoisotopic (exact) mass is 360 g/mol. The molecule has 5 nitrogen and oxygen atoms in total. The summed E-state index contributed by atoms with van der Waals surface area (Å²) in [4.78, 5) is 27.4. The van der Waals surface area contributed by atoms with E-state index in [9.17, 15) is 9.59 Å². The number of ether oxygens (including phenoxy) is 1. The van der Waals surface area contributed by atoms with Gasteiger partial charge in [-0.1, -0.05) is 58.0 Å². The molecule has 0 unspecified atom stereocenters. The maximum Gasteiger partial charge on any atom is 0.417 e. The van der Waals surface area contributed by atoms with Gasteiger partial charge in [0, 0.05) is 0 Å². The molecule has 1 fully saturated rings. The van der Waals surface area contributed by atoms with E-state index in [0.717, 1.165) is 18.4 Å². The Balaban J connectivity index is 2.32. The van der Waals surface area contributed by atoms with Crippen LogP contribution in [0, 0.1) is 10.8 Å². The third-order valence-corrected chi connectivity index (χ3v) is 5.32. The van der Waals surface area contributed by atoms with E-state index in [1.165, 1.54) is 4.90 Å². The number of carbonyl (C=O) groups is 2. The Bertz CT molecular complexity index is 644. The molecule has 0 spiro atoms. The molecule has 2 rings (SSSR count). The summed E-state index contributed by atoms with van der Waals surface area (Å²) in [6.45, 7) is 11.8. The maximum atomic E-state index is 13.1. The fourth-order valence-corrected chi connectivity index (χ4v) is 4.08. The summed E-state index contributed by atoms with van der Waals surface area (Å²) in [7, 11) is 0. The first kappa shape index (κ1) is 20.4. The molecule has 0 radical (unpaired) electrons. The minimum Gasteiger partial charge on any atom is -0.444 e. The van der Waals surface area contributed by atoms with Crippen LogP contribution in [0.1, 0.15) is 59.9 Å². The highest BCUT2D eigenvalue weighted by atomic mass is 16.6. The molecule has 1 aliphatic carbocycles. The first-order valence-corrected chi connectivity index (χ1v) is 9.19. The molecule has 144 valence electrons. The van der Waals surface area contributed by atoms with Gasteiger partial charge in [-0.05, 0) is 43.1 Å². The van der Waals surface area contributed by atoms with Crippen molar-refractivity contribution in [2.75, 3.05) is 0 Å². The van der Waals surface area contributed by atoms with Crippen LogP contribution in [0.4, 0.5) is 4.79 Å². The van der Waals surface area contributed by atoms with Crippen LogP contribution in [-0.2, 0) is 16.1 Å². The highest BCUT2D eigenvalue weighted by Gasteiger charge is 2.54. The lowest BCUT2D eigenvalue weighted by Gasteiger charge is -2.43. The highest BCUT2D eigenvalue weighted by molar-refractivity contribution is 5.97. The lowest BCUT2D eigenvalue weighted by Crippen LogP contribution is -2.61. The number of benzene rings is 1. The van der Waals surface area contributed by atoms with Gasteiger partial charge in [0.1, 0.15) is 6.61 Å². The predicted octanol–water partition coefficient (Wildman–Crippen LogP) is 4.10. The number of imide groups is 1. The molecule has 0 heterocycles. The van der Waals surface area contributed by atoms with Gasteiger partial charge in [-0.2, -0.15) is 0 Å². The second-order valence-electron chi connectivity index (χ2n) is 9.32. The second kappa shape index (κ2) is 7.03. The van der Waals surface area contributed by atoms with Crippen molar-refractivity contribution in [3.05, 3.63) is 35.9 Å². The zero-order valence-corrected chi connectivity index (χ0v) is 16.8. The lowest BCUT2D eigenvalue weighted by atomic mass is 9.77. The van der Waals surface area contributed by atoms with Crippen LogP contribution in [0.25, 0.3) is 0 Å². The lowest BCUT2D eigenvalue weighted by molar-refractivity contribution is -0.140. The van der Waals surface area contributed by atoms with Crippen molar-refractivity contribution in [3.63, 3.8) is 0 Å². The van der Waals surface area contributed by atoms with Gasteiger partial charge in [-0.3, -0.25) is 4.79 Å². The fraction of sp³-hybridized carbons (Fsp3) is 0.619. The van der Waals surface area contributed by atoms with Crippen molar-refractivity contribution >= 4 is 12.0 Å². The molecule has 0 bridgehead atoms. The summed E-state index contributed by atoms with van der Waals surface area (Å²) in [6, 6.07) is 9.18. The van der Waals surface area contributed by atoms with E-state index in [1.54, 1.807) is 13.8 Å². The largest absolute Gasteiger partial charge is 0.444 e. The normalized spacial score (nSPS) is 19.2. The Hall–Kier alpha value is -1.88. The minimum atomic E-state index is -1.15. The summed E-state index contributed by atoms with van der Waals surface area (Å²) >= 11 is 0. The molecule has 0 atom stereocenters. The van der Waals surface area contributed by atoms with E-state index in [1.807, 2.05) is 30.3 Å². The first-order valence-electron chi connectivity index (χ1n) is 9.19. The van der Waals surface area contributed by atoms with E-state index in [2.05, 4.69) is 27.7 Å². The molecule has 1 aromatic carbocycles. The van der Waals surface area contributed by atoms with Gasteiger partial charge >= 0.3 is 6.09 Å². The topological polar surface area (TPSA) is 72.6 Å². The van der Waals surface area contributed by atoms with E-state index < -0.39 is 17.5 Å². The number of hydrogen-bond acceptors (Lipinski definition) is 4. The highest BCUT2D eigenvalue weighted by Crippen LogP contribution is 2.51. The molecule has 26 heavy (non-hydrogen) atoms. The van der Waals surface area contributed by atoms with Crippen LogP contribution in [0.3, 0.4) is 0 Å². The fourth-order valence-electron chi connectivity index (χ4n) is 4.08. The second-order valence-corrected chi connectivity index (χ2v) is 9.32. The molecule has 0 aromatic heterocycles. The Kier molecular flexibility index (Phi) is 5.52. The third-order valence-electron chi connectivity index (χ3n) is 5.32. The average Bonchev–Trinajstić information content (AvgIpc) is 2.76. The number of amides is 2. The number of rotatable bonds is 4. The van der Waals surface area contributed by atoms with Crippen LogP contribution in [0.2, 0.25) is 0 Å². The van der Waals surface area contributed by atoms with Crippen molar-refractivity contribution in [2.45, 2.75) is 72.6 Å². The van der Waals surface area contributed by atoms with E-state index in [0.29, 0.717) is 0 Å². The van der Waals surface area contributed by atoms with Crippen molar-refractivity contribution in [1.82, 2.24) is 4.90 Å². The first-order chi connectivity index (χ1) is 11.9. The summed E-state index contributed by atoms with van der Waals surface area (Å²) in [6.07, 6.45) is 1.25. The molecule has 1 saturated carbocycles. The third kappa shape index (κ3) is 4.26. The summed E-state index contributed by atoms with van der Waals surface area (Å²) in [5, 5.41) is 0. The van der Waals surface area contributed by atoms with Crippen LogP contribution in [0.15, 0.2) is 30.3 Å². The molecule has 0 aliphatic heterocycles. The smallest absolute Gasteiger partial charge is 0.417 e. The van der Waals surface area contributed by atoms with Crippen molar-refractivity contribution in [2.24, 2.45) is 16.6 Å². The Labute approximate surface area is 156 Å². The van der Waals surface area contributed by atoms with Gasteiger partial charge in [0.25, 0.3) is 5.91 Å². The van der Waals surface area contributed by atoms with E-state index in [4.69, 9.17) is 10.5 Å². The average molecular weight is 360 g/mol. The Morgan fingerprint density at radius 2 is 1.62 bits per heavy atom. The van der Waals surface area contributed by atoms with E-state index in [-0.39, 0.29) is 23.5 Å². The summed E-state index contributed by atoms with van der Waals surface area (Å²) < 4.78 is 5.52. The van der Waals surface area contributed by atoms with Gasteiger partial charge in [-0.25, -0.2) is 9.69 Å². The molecule has 0 saturated heterocycles. The van der Waals surface area contributed by atoms with Crippen molar-refractivity contribution < 1.29 is 14.3 Å². The molecular weight excluding hydrogens is 328 g/mol. The summed E-state index contributed by atoms with van der Waals surface area (Å²) in [5.41, 5.74) is 5.40. The van der Waals surface area contributed by atoms with Crippen LogP contribution in [-0.4, -0.2) is 28.5 Å². The van der Waals surface area contributed by atoms with Gasteiger partial charge in [0.05, 0.1) is 11.6 Å². The minimum absolute atomic E-state index is 0.127.